The monoisotopic (exact) mass is 234 g/mol. The van der Waals surface area contributed by atoms with E-state index < -0.39 is 5.97 Å². The van der Waals surface area contributed by atoms with Gasteiger partial charge in [-0.05, 0) is 0 Å². The number of carbonyl (C=O) groups excluding carboxylic acids is 1. The zero-order chi connectivity index (χ0) is 10.7. The quantitative estimate of drug-likeness (QED) is 0.778. The van der Waals surface area contributed by atoms with Crippen molar-refractivity contribution in [3.63, 3.8) is 0 Å². The number of rotatable bonds is 3. The smallest absolute Gasteiger partial charge is 0.347 e. The molecule has 7 heteroatoms. The Labute approximate surface area is 88.7 Å². The summed E-state index contributed by atoms with van der Waals surface area (Å²) < 4.78 is 0. The molecule has 1 aromatic heterocycles. The Morgan fingerprint density at radius 3 is 2.64 bits per heavy atom. The zero-order valence-electron chi connectivity index (χ0n) is 7.20. The third-order valence-corrected chi connectivity index (χ3v) is 2.56. The van der Waals surface area contributed by atoms with Crippen LogP contribution in [0.2, 0.25) is 0 Å². The lowest BCUT2D eigenvalue weighted by atomic mass is 10.4. The molecule has 0 saturated carbocycles. The van der Waals surface area contributed by atoms with Gasteiger partial charge < -0.3 is 10.4 Å². The average Bonchev–Trinajstić information content (AvgIpc) is 2.46. The first-order valence-electron chi connectivity index (χ1n) is 3.61. The number of amides is 1. The second-order valence-corrected chi connectivity index (χ2v) is 3.68. The summed E-state index contributed by atoms with van der Waals surface area (Å²) in [6.45, 7) is 1.32. The minimum absolute atomic E-state index is 0.0116. The maximum absolute atomic E-state index is 10.7. The highest BCUT2D eigenvalue weighted by Crippen LogP contribution is 2.24. The third kappa shape index (κ3) is 2.43. The van der Waals surface area contributed by atoms with Gasteiger partial charge in [0.25, 0.3) is 0 Å². The molecule has 0 aliphatic carbocycles. The number of carboxylic acids is 1. The van der Waals surface area contributed by atoms with E-state index >= 15 is 0 Å². The van der Waals surface area contributed by atoms with E-state index in [1.165, 1.54) is 6.92 Å². The molecule has 0 unspecified atom stereocenters. The van der Waals surface area contributed by atoms with Gasteiger partial charge >= 0.3 is 5.97 Å². The molecule has 2 N–H and O–H groups in total. The van der Waals surface area contributed by atoms with Crippen LogP contribution >= 0.6 is 22.9 Å². The highest BCUT2D eigenvalue weighted by molar-refractivity contribution is 7.17. The van der Waals surface area contributed by atoms with Crippen molar-refractivity contribution in [1.29, 1.82) is 0 Å². The number of nitrogens with zero attached hydrogens (tertiary/aromatic N) is 1. The molecule has 1 amide bonds. The predicted molar refractivity (Wildman–Crippen MR) is 52.9 cm³/mol. The molecule has 0 bridgehead atoms. The summed E-state index contributed by atoms with van der Waals surface area (Å²) in [7, 11) is 0. The van der Waals surface area contributed by atoms with Gasteiger partial charge in [-0.1, -0.05) is 11.3 Å². The molecule has 1 heterocycles. The Balaban J connectivity index is 3.00. The second-order valence-electron chi connectivity index (χ2n) is 2.41. The minimum Gasteiger partial charge on any atom is -0.477 e. The number of aromatic carboxylic acids is 1. The van der Waals surface area contributed by atoms with Crippen LogP contribution in [0.15, 0.2) is 0 Å². The van der Waals surface area contributed by atoms with Crippen LogP contribution in [0.5, 0.6) is 0 Å². The number of carbonyl (C=O) groups is 2. The lowest BCUT2D eigenvalue weighted by Gasteiger charge is -1.91. The minimum atomic E-state index is -1.09. The number of alkyl halides is 1. The maximum atomic E-state index is 10.7. The van der Waals surface area contributed by atoms with E-state index in [1.807, 2.05) is 0 Å². The number of hydrogen-bond acceptors (Lipinski definition) is 4. The van der Waals surface area contributed by atoms with Gasteiger partial charge in [0.2, 0.25) is 5.91 Å². The van der Waals surface area contributed by atoms with Crippen LogP contribution in [-0.4, -0.2) is 22.0 Å². The Morgan fingerprint density at radius 1 is 1.64 bits per heavy atom. The SMILES string of the molecule is CC(=O)Nc1nc(CCl)c(C(=O)O)s1. The van der Waals surface area contributed by atoms with Crippen molar-refractivity contribution in [3.05, 3.63) is 10.6 Å². The first-order chi connectivity index (χ1) is 6.54. The van der Waals surface area contributed by atoms with Crippen molar-refractivity contribution in [2.45, 2.75) is 12.8 Å². The molecule has 0 aliphatic heterocycles. The van der Waals surface area contributed by atoms with E-state index in [2.05, 4.69) is 10.3 Å². The Morgan fingerprint density at radius 2 is 2.29 bits per heavy atom. The molecule has 0 radical (unpaired) electrons. The van der Waals surface area contributed by atoms with E-state index in [1.54, 1.807) is 0 Å². The van der Waals surface area contributed by atoms with Crippen molar-refractivity contribution in [1.82, 2.24) is 4.98 Å². The molecule has 0 aliphatic rings. The highest BCUT2D eigenvalue weighted by Gasteiger charge is 2.16. The van der Waals surface area contributed by atoms with Crippen LogP contribution in [0.1, 0.15) is 22.3 Å². The fourth-order valence-corrected chi connectivity index (χ4v) is 1.95. The van der Waals surface area contributed by atoms with Gasteiger partial charge in [-0.25, -0.2) is 9.78 Å². The molecule has 0 fully saturated rings. The van der Waals surface area contributed by atoms with E-state index in [0.29, 0.717) is 0 Å². The first-order valence-corrected chi connectivity index (χ1v) is 4.96. The van der Waals surface area contributed by atoms with Crippen LogP contribution in [0, 0.1) is 0 Å². The van der Waals surface area contributed by atoms with Crippen LogP contribution in [-0.2, 0) is 10.7 Å². The van der Waals surface area contributed by atoms with Gasteiger partial charge in [0.15, 0.2) is 5.13 Å². The normalized spacial score (nSPS) is 9.86. The van der Waals surface area contributed by atoms with Crippen molar-refractivity contribution in [2.75, 3.05) is 5.32 Å². The largest absolute Gasteiger partial charge is 0.477 e. The molecule has 0 aromatic carbocycles. The average molecular weight is 235 g/mol. The molecule has 0 saturated heterocycles. The number of aromatic nitrogens is 1. The number of halogens is 1. The Kier molecular flexibility index (Phi) is 3.43. The van der Waals surface area contributed by atoms with E-state index in [-0.39, 0.29) is 27.5 Å². The van der Waals surface area contributed by atoms with Crippen LogP contribution in [0.25, 0.3) is 0 Å². The van der Waals surface area contributed by atoms with Gasteiger partial charge in [0.05, 0.1) is 11.6 Å². The van der Waals surface area contributed by atoms with Gasteiger partial charge in [0, 0.05) is 6.92 Å². The summed E-state index contributed by atoms with van der Waals surface area (Å²) in [6.07, 6.45) is 0. The number of thiazole rings is 1. The molecule has 0 spiro atoms. The summed E-state index contributed by atoms with van der Waals surface area (Å²) in [4.78, 5) is 25.3. The van der Waals surface area contributed by atoms with E-state index in [4.69, 9.17) is 16.7 Å². The first kappa shape index (κ1) is 10.9. The molecule has 76 valence electrons. The Bertz CT molecular complexity index is 377. The summed E-state index contributed by atoms with van der Waals surface area (Å²) in [6, 6.07) is 0. The topological polar surface area (TPSA) is 79.3 Å². The van der Waals surface area contributed by atoms with Gasteiger partial charge in [-0.3, -0.25) is 4.79 Å². The van der Waals surface area contributed by atoms with Crippen molar-refractivity contribution >= 4 is 39.9 Å². The van der Waals surface area contributed by atoms with Crippen LogP contribution in [0.4, 0.5) is 5.13 Å². The summed E-state index contributed by atoms with van der Waals surface area (Å²) >= 11 is 6.39. The predicted octanol–water partition coefficient (Wildman–Crippen LogP) is 1.54. The van der Waals surface area contributed by atoms with E-state index in [9.17, 15) is 9.59 Å². The zero-order valence-corrected chi connectivity index (χ0v) is 8.78. The van der Waals surface area contributed by atoms with Gasteiger partial charge in [-0.2, -0.15) is 0 Å². The molecule has 1 aromatic rings. The van der Waals surface area contributed by atoms with Gasteiger partial charge in [-0.15, -0.1) is 11.6 Å². The van der Waals surface area contributed by atoms with Crippen LogP contribution in [0.3, 0.4) is 0 Å². The Hall–Kier alpha value is -1.14. The van der Waals surface area contributed by atoms with E-state index in [0.717, 1.165) is 11.3 Å². The second kappa shape index (κ2) is 4.39. The number of nitrogens with one attached hydrogen (secondary N) is 1. The number of hydrogen-bond donors (Lipinski definition) is 2. The molecule has 1 rings (SSSR count). The van der Waals surface area contributed by atoms with Crippen molar-refractivity contribution < 1.29 is 14.7 Å². The van der Waals surface area contributed by atoms with Gasteiger partial charge in [0.1, 0.15) is 4.88 Å². The number of carboxylic acid groups (broad SMARTS) is 1. The lowest BCUT2D eigenvalue weighted by molar-refractivity contribution is -0.114. The fourth-order valence-electron chi connectivity index (χ4n) is 0.813. The molecular formula is C7H7ClN2O3S. The maximum Gasteiger partial charge on any atom is 0.347 e. The number of anilines is 1. The van der Waals surface area contributed by atoms with Crippen molar-refractivity contribution in [2.24, 2.45) is 0 Å². The lowest BCUT2D eigenvalue weighted by Crippen LogP contribution is -2.05. The van der Waals surface area contributed by atoms with Crippen LogP contribution < -0.4 is 5.32 Å². The molecule has 0 atom stereocenters. The summed E-state index contributed by atoms with van der Waals surface area (Å²) in [5, 5.41) is 11.4. The standard InChI is InChI=1S/C7H7ClN2O3S/c1-3(11)9-7-10-4(2-8)5(14-7)6(12)13/h2H2,1H3,(H,12,13)(H,9,10,11). The summed E-state index contributed by atoms with van der Waals surface area (Å²) in [5.41, 5.74) is 0.271. The van der Waals surface area contributed by atoms with Crippen molar-refractivity contribution in [3.8, 4) is 0 Å². The molecular weight excluding hydrogens is 228 g/mol. The molecule has 5 nitrogen and oxygen atoms in total. The summed E-state index contributed by atoms with van der Waals surface area (Å²) in [5.74, 6) is -1.37. The fraction of sp³-hybridized carbons (Fsp3) is 0.286. The highest BCUT2D eigenvalue weighted by atomic mass is 35.5. The third-order valence-electron chi connectivity index (χ3n) is 1.30. The molecule has 14 heavy (non-hydrogen) atoms.